The van der Waals surface area contributed by atoms with Gasteiger partial charge in [0.15, 0.2) is 11.2 Å². The van der Waals surface area contributed by atoms with Gasteiger partial charge in [0, 0.05) is 17.2 Å². The molecule has 184 valence electrons. The highest BCUT2D eigenvalue weighted by molar-refractivity contribution is 7.92. The van der Waals surface area contributed by atoms with Crippen LogP contribution in [0, 0.1) is 5.92 Å². The van der Waals surface area contributed by atoms with Gasteiger partial charge in [-0.1, -0.05) is 31.5 Å². The normalized spacial score (nSPS) is 18.4. The number of fused-ring (bicyclic) bond motifs is 1. The summed E-state index contributed by atoms with van der Waals surface area (Å²) in [6.07, 6.45) is 3.48. The number of hydrogen-bond donors (Lipinski definition) is 2. The quantitative estimate of drug-likeness (QED) is 0.319. The van der Waals surface area contributed by atoms with Crippen molar-refractivity contribution in [2.24, 2.45) is 5.92 Å². The third kappa shape index (κ3) is 5.68. The standard InChI is InChI=1S/C26H29N3O5S/c1-4-17-11-25(31)28-23(17)15-33-26-21-12-24(34-16(2)3)18(14-30)10-20(21)22(13-27-26)29-35(32)19-8-6-5-7-9-19/h5-10,12-14,16-17,23,29H,4,11,15H2,1-3H3,(H,28,31). The molecule has 0 radical (unpaired) electrons. The van der Waals surface area contributed by atoms with Gasteiger partial charge in [0.1, 0.15) is 29.4 Å². The van der Waals surface area contributed by atoms with E-state index in [-0.39, 0.29) is 30.6 Å². The van der Waals surface area contributed by atoms with Crippen LogP contribution in [0.2, 0.25) is 0 Å². The first-order valence-corrected chi connectivity index (χ1v) is 12.8. The van der Waals surface area contributed by atoms with E-state index < -0.39 is 11.4 Å². The Hall–Kier alpha value is -3.30. The number of amides is 1. The SMILES string of the molecule is CCC1CC(=O)NC1COc1ncc(N[S+]([O-])c2ccccc2)c2cc(C=O)c(OC(C)C)cc12. The third-order valence-electron chi connectivity index (χ3n) is 5.92. The Morgan fingerprint density at radius 3 is 2.71 bits per heavy atom. The molecule has 3 atom stereocenters. The highest BCUT2D eigenvalue weighted by Crippen LogP contribution is 2.36. The van der Waals surface area contributed by atoms with E-state index in [1.54, 1.807) is 30.5 Å². The molecular weight excluding hydrogens is 466 g/mol. The Labute approximate surface area is 207 Å². The van der Waals surface area contributed by atoms with Crippen LogP contribution in [0.1, 0.15) is 44.0 Å². The number of benzene rings is 2. The molecule has 4 rings (SSSR count). The molecule has 1 fully saturated rings. The molecule has 2 heterocycles. The second kappa shape index (κ2) is 11.0. The maximum absolute atomic E-state index is 12.9. The second-order valence-electron chi connectivity index (χ2n) is 8.74. The van der Waals surface area contributed by atoms with Gasteiger partial charge in [0.2, 0.25) is 11.8 Å². The second-order valence-corrected chi connectivity index (χ2v) is 9.95. The van der Waals surface area contributed by atoms with Crippen LogP contribution in [-0.2, 0) is 16.2 Å². The first-order valence-electron chi connectivity index (χ1n) is 11.6. The van der Waals surface area contributed by atoms with Crippen molar-refractivity contribution in [1.82, 2.24) is 10.3 Å². The van der Waals surface area contributed by atoms with Crippen molar-refractivity contribution in [3.05, 3.63) is 54.2 Å². The van der Waals surface area contributed by atoms with Crippen LogP contribution in [0.5, 0.6) is 11.6 Å². The largest absolute Gasteiger partial charge is 0.588 e. The summed E-state index contributed by atoms with van der Waals surface area (Å²) in [4.78, 5) is 28.8. The molecule has 1 aliphatic heterocycles. The van der Waals surface area contributed by atoms with Gasteiger partial charge >= 0.3 is 0 Å². The Balaban J connectivity index is 1.71. The van der Waals surface area contributed by atoms with Crippen LogP contribution in [0.4, 0.5) is 5.69 Å². The molecule has 1 saturated heterocycles. The lowest BCUT2D eigenvalue weighted by Crippen LogP contribution is -2.34. The van der Waals surface area contributed by atoms with Crippen molar-refractivity contribution in [2.75, 3.05) is 11.3 Å². The first kappa shape index (κ1) is 24.8. The summed E-state index contributed by atoms with van der Waals surface area (Å²) in [6.45, 7) is 6.08. The van der Waals surface area contributed by atoms with Gasteiger partial charge in [-0.3, -0.25) is 9.59 Å². The minimum Gasteiger partial charge on any atom is -0.588 e. The summed E-state index contributed by atoms with van der Waals surface area (Å²) < 4.78 is 27.9. The fourth-order valence-electron chi connectivity index (χ4n) is 4.15. The number of ether oxygens (including phenoxy) is 2. The number of nitrogens with zero attached hydrogens (tertiary/aromatic N) is 1. The van der Waals surface area contributed by atoms with E-state index in [2.05, 4.69) is 21.9 Å². The third-order valence-corrected chi connectivity index (χ3v) is 7.02. The Bertz CT molecular complexity index is 1200. The lowest BCUT2D eigenvalue weighted by atomic mass is 9.98. The molecule has 35 heavy (non-hydrogen) atoms. The van der Waals surface area contributed by atoms with Crippen molar-refractivity contribution in [1.29, 1.82) is 0 Å². The smallest absolute Gasteiger partial charge is 0.221 e. The molecule has 0 aliphatic carbocycles. The summed E-state index contributed by atoms with van der Waals surface area (Å²) in [6, 6.07) is 12.3. The summed E-state index contributed by atoms with van der Waals surface area (Å²) in [7, 11) is 0. The number of carbonyl (C=O) groups excluding carboxylic acids is 2. The highest BCUT2D eigenvalue weighted by Gasteiger charge is 2.31. The van der Waals surface area contributed by atoms with Crippen LogP contribution in [0.15, 0.2) is 53.6 Å². The Morgan fingerprint density at radius 2 is 2.03 bits per heavy atom. The minimum atomic E-state index is -1.53. The predicted octanol–water partition coefficient (Wildman–Crippen LogP) is 4.26. The molecule has 3 aromatic rings. The number of pyridine rings is 1. The number of anilines is 1. The van der Waals surface area contributed by atoms with Crippen LogP contribution >= 0.6 is 0 Å². The molecule has 1 aromatic heterocycles. The summed E-state index contributed by atoms with van der Waals surface area (Å²) in [5.41, 5.74) is 0.861. The lowest BCUT2D eigenvalue weighted by molar-refractivity contribution is -0.119. The fraction of sp³-hybridized carbons (Fsp3) is 0.346. The van der Waals surface area contributed by atoms with Gasteiger partial charge < -0.3 is 19.3 Å². The zero-order chi connectivity index (χ0) is 24.9. The molecule has 9 heteroatoms. The maximum atomic E-state index is 12.9. The number of nitrogens with one attached hydrogen (secondary N) is 2. The van der Waals surface area contributed by atoms with Crippen molar-refractivity contribution in [2.45, 2.75) is 50.7 Å². The van der Waals surface area contributed by atoms with Gasteiger partial charge in [-0.2, -0.15) is 0 Å². The van der Waals surface area contributed by atoms with E-state index >= 15 is 0 Å². The molecule has 0 spiro atoms. The highest BCUT2D eigenvalue weighted by atomic mass is 32.2. The van der Waals surface area contributed by atoms with Gasteiger partial charge in [0.05, 0.1) is 23.9 Å². The van der Waals surface area contributed by atoms with Crippen LogP contribution in [0.3, 0.4) is 0 Å². The summed E-state index contributed by atoms with van der Waals surface area (Å²) in [5.74, 6) is 0.980. The van der Waals surface area contributed by atoms with Crippen molar-refractivity contribution >= 4 is 40.0 Å². The van der Waals surface area contributed by atoms with E-state index in [1.165, 1.54) is 0 Å². The van der Waals surface area contributed by atoms with E-state index in [0.29, 0.717) is 45.0 Å². The van der Waals surface area contributed by atoms with Crippen molar-refractivity contribution < 1.29 is 23.6 Å². The molecule has 0 saturated carbocycles. The number of carbonyl (C=O) groups is 2. The average Bonchev–Trinajstić information content (AvgIpc) is 3.22. The summed E-state index contributed by atoms with van der Waals surface area (Å²) >= 11 is -1.53. The van der Waals surface area contributed by atoms with Crippen molar-refractivity contribution in [3.63, 3.8) is 0 Å². The number of rotatable bonds is 10. The molecule has 8 nitrogen and oxygen atoms in total. The lowest BCUT2D eigenvalue weighted by Gasteiger charge is -2.20. The number of aromatic nitrogens is 1. The maximum Gasteiger partial charge on any atom is 0.221 e. The molecule has 2 aromatic carbocycles. The van der Waals surface area contributed by atoms with Crippen molar-refractivity contribution in [3.8, 4) is 11.6 Å². The molecule has 3 unspecified atom stereocenters. The van der Waals surface area contributed by atoms with E-state index in [1.807, 2.05) is 32.0 Å². The van der Waals surface area contributed by atoms with E-state index in [9.17, 15) is 14.1 Å². The van der Waals surface area contributed by atoms with Crippen LogP contribution in [0.25, 0.3) is 10.8 Å². The van der Waals surface area contributed by atoms with Gasteiger partial charge in [-0.05, 0) is 44.0 Å². The molecule has 2 N–H and O–H groups in total. The Morgan fingerprint density at radius 1 is 1.26 bits per heavy atom. The number of aldehydes is 1. The monoisotopic (exact) mass is 495 g/mol. The molecule has 1 amide bonds. The topological polar surface area (TPSA) is 113 Å². The van der Waals surface area contributed by atoms with E-state index in [4.69, 9.17) is 9.47 Å². The first-order chi connectivity index (χ1) is 16.9. The zero-order valence-corrected chi connectivity index (χ0v) is 20.8. The van der Waals surface area contributed by atoms with Crippen LogP contribution < -0.4 is 19.5 Å². The predicted molar refractivity (Wildman–Crippen MR) is 135 cm³/mol. The molecular formula is C26H29N3O5S. The molecule has 0 bridgehead atoms. The van der Waals surface area contributed by atoms with Crippen LogP contribution in [-0.4, -0.2) is 40.5 Å². The summed E-state index contributed by atoms with van der Waals surface area (Å²) in [5, 5.41) is 4.20. The Kier molecular flexibility index (Phi) is 7.77. The number of hydrogen-bond acceptors (Lipinski definition) is 7. The zero-order valence-electron chi connectivity index (χ0n) is 19.9. The van der Waals surface area contributed by atoms with Gasteiger partial charge in [0.25, 0.3) is 0 Å². The minimum absolute atomic E-state index is 0.0226. The fourth-order valence-corrected chi connectivity index (χ4v) is 5.03. The van der Waals surface area contributed by atoms with E-state index in [0.717, 1.165) is 12.7 Å². The average molecular weight is 496 g/mol. The molecule has 1 aliphatic rings. The van der Waals surface area contributed by atoms with Gasteiger partial charge in [-0.15, -0.1) is 0 Å². The van der Waals surface area contributed by atoms with Gasteiger partial charge in [-0.25, -0.2) is 9.71 Å².